The number of hydrogen-bond donors (Lipinski definition) is 0. The lowest BCUT2D eigenvalue weighted by Gasteiger charge is -2.29. The van der Waals surface area contributed by atoms with E-state index in [2.05, 4.69) is 0 Å². The second kappa shape index (κ2) is 4.45. The van der Waals surface area contributed by atoms with E-state index in [0.717, 1.165) is 13.8 Å². The minimum absolute atomic E-state index is 0.131. The molecule has 0 saturated heterocycles. The average molecular weight is 270 g/mol. The van der Waals surface area contributed by atoms with Crippen molar-refractivity contribution in [2.45, 2.75) is 38.8 Å². The highest BCUT2D eigenvalue weighted by Gasteiger charge is 2.58. The highest BCUT2D eigenvalue weighted by atomic mass is 19.4. The zero-order valence-corrected chi connectivity index (χ0v) is 9.10. The standard InChI is InChI=1S/C9H10F8/c1-4(2)5(6(10)8(12,13)14)7(3,11)9(15,16)17/h4H,1-3H3. The molecule has 0 rings (SSSR count). The monoisotopic (exact) mass is 270 g/mol. The van der Waals surface area contributed by atoms with Crippen molar-refractivity contribution >= 4 is 0 Å². The molecule has 0 nitrogen and oxygen atoms in total. The molecular formula is C9H10F8. The smallest absolute Gasteiger partial charge is 0.229 e. The fourth-order valence-corrected chi connectivity index (χ4v) is 1.31. The molecule has 0 heterocycles. The highest BCUT2D eigenvalue weighted by molar-refractivity contribution is 5.26. The van der Waals surface area contributed by atoms with E-state index >= 15 is 0 Å². The zero-order chi connectivity index (χ0) is 14.2. The van der Waals surface area contributed by atoms with Crippen LogP contribution in [0.1, 0.15) is 20.8 Å². The third-order valence-corrected chi connectivity index (χ3v) is 2.10. The molecule has 102 valence electrons. The van der Waals surface area contributed by atoms with Crippen LogP contribution < -0.4 is 0 Å². The maximum absolute atomic E-state index is 13.4. The topological polar surface area (TPSA) is 0 Å². The van der Waals surface area contributed by atoms with Crippen LogP contribution in [0.2, 0.25) is 0 Å². The van der Waals surface area contributed by atoms with Crippen molar-refractivity contribution in [2.75, 3.05) is 0 Å². The number of halogens is 8. The van der Waals surface area contributed by atoms with Gasteiger partial charge in [-0.25, -0.2) is 8.78 Å². The normalized spacial score (nSPS) is 19.1. The fraction of sp³-hybridized carbons (Fsp3) is 0.778. The number of alkyl halides is 7. The molecule has 1 unspecified atom stereocenters. The van der Waals surface area contributed by atoms with E-state index in [4.69, 9.17) is 0 Å². The average Bonchev–Trinajstić information content (AvgIpc) is 1.98. The van der Waals surface area contributed by atoms with Gasteiger partial charge in [0, 0.05) is 5.57 Å². The van der Waals surface area contributed by atoms with Crippen LogP contribution in [-0.2, 0) is 0 Å². The van der Waals surface area contributed by atoms with Crippen LogP contribution in [0.4, 0.5) is 35.1 Å². The van der Waals surface area contributed by atoms with Crippen molar-refractivity contribution in [2.24, 2.45) is 5.92 Å². The summed E-state index contributed by atoms with van der Waals surface area (Å²) in [5.41, 5.74) is -6.31. The summed E-state index contributed by atoms with van der Waals surface area (Å²) in [4.78, 5) is 0. The van der Waals surface area contributed by atoms with Crippen LogP contribution in [0, 0.1) is 5.92 Å². The molecule has 0 N–H and O–H groups in total. The molecule has 0 aromatic heterocycles. The molecule has 8 heteroatoms. The van der Waals surface area contributed by atoms with Gasteiger partial charge in [-0.15, -0.1) is 0 Å². The Hall–Kier alpha value is -0.820. The molecule has 0 saturated carbocycles. The molecule has 0 aliphatic heterocycles. The summed E-state index contributed by atoms with van der Waals surface area (Å²) >= 11 is 0. The van der Waals surface area contributed by atoms with Gasteiger partial charge in [-0.2, -0.15) is 26.3 Å². The first-order valence-corrected chi connectivity index (χ1v) is 4.46. The molecule has 17 heavy (non-hydrogen) atoms. The van der Waals surface area contributed by atoms with Gasteiger partial charge in [0.1, 0.15) is 0 Å². The molecule has 0 radical (unpaired) electrons. The first kappa shape index (κ1) is 16.2. The van der Waals surface area contributed by atoms with Crippen LogP contribution in [-0.4, -0.2) is 18.0 Å². The van der Waals surface area contributed by atoms with E-state index in [0.29, 0.717) is 0 Å². The SMILES string of the molecule is CC(C)C(=C(F)C(F)(F)F)C(C)(F)C(F)(F)F. The molecule has 0 bridgehead atoms. The van der Waals surface area contributed by atoms with Crippen molar-refractivity contribution in [1.82, 2.24) is 0 Å². The summed E-state index contributed by atoms with van der Waals surface area (Å²) in [5.74, 6) is -4.61. The summed E-state index contributed by atoms with van der Waals surface area (Å²) < 4.78 is 99.0. The Morgan fingerprint density at radius 1 is 0.882 bits per heavy atom. The van der Waals surface area contributed by atoms with Crippen LogP contribution in [0.15, 0.2) is 11.4 Å². The Bertz CT molecular complexity index is 304. The second-order valence-electron chi connectivity index (χ2n) is 3.88. The Kier molecular flexibility index (Phi) is 4.24. The molecule has 0 spiro atoms. The largest absolute Gasteiger partial charge is 0.442 e. The quantitative estimate of drug-likeness (QED) is 0.637. The number of allylic oxidation sites excluding steroid dienone is 2. The Balaban J connectivity index is 5.90. The summed E-state index contributed by atoms with van der Waals surface area (Å²) in [6.45, 7) is 1.57. The van der Waals surface area contributed by atoms with Crippen molar-refractivity contribution < 1.29 is 35.1 Å². The van der Waals surface area contributed by atoms with Gasteiger partial charge in [-0.1, -0.05) is 13.8 Å². The van der Waals surface area contributed by atoms with E-state index in [1.807, 2.05) is 0 Å². The van der Waals surface area contributed by atoms with E-state index in [1.165, 1.54) is 0 Å². The lowest BCUT2D eigenvalue weighted by atomic mass is 9.87. The van der Waals surface area contributed by atoms with E-state index in [-0.39, 0.29) is 6.92 Å². The second-order valence-corrected chi connectivity index (χ2v) is 3.88. The fourth-order valence-electron chi connectivity index (χ4n) is 1.31. The highest BCUT2D eigenvalue weighted by Crippen LogP contribution is 2.46. The van der Waals surface area contributed by atoms with E-state index < -0.39 is 35.3 Å². The third-order valence-electron chi connectivity index (χ3n) is 2.10. The zero-order valence-electron chi connectivity index (χ0n) is 9.10. The van der Waals surface area contributed by atoms with Crippen molar-refractivity contribution in [3.05, 3.63) is 11.4 Å². The van der Waals surface area contributed by atoms with E-state index in [1.54, 1.807) is 0 Å². The molecule has 0 aliphatic rings. The Labute approximate surface area is 92.3 Å². The van der Waals surface area contributed by atoms with Gasteiger partial charge in [0.05, 0.1) is 0 Å². The molecule has 0 aliphatic carbocycles. The summed E-state index contributed by atoms with van der Waals surface area (Å²) in [6, 6.07) is 0. The minimum Gasteiger partial charge on any atom is -0.229 e. The molecule has 0 fully saturated rings. The molecule has 0 aromatic rings. The van der Waals surface area contributed by atoms with Crippen LogP contribution >= 0.6 is 0 Å². The maximum Gasteiger partial charge on any atom is 0.442 e. The van der Waals surface area contributed by atoms with Gasteiger partial charge >= 0.3 is 12.4 Å². The number of rotatable bonds is 2. The Morgan fingerprint density at radius 3 is 1.41 bits per heavy atom. The maximum atomic E-state index is 13.4. The minimum atomic E-state index is -5.64. The lowest BCUT2D eigenvalue weighted by molar-refractivity contribution is -0.214. The van der Waals surface area contributed by atoms with Gasteiger partial charge in [0.2, 0.25) is 11.5 Å². The van der Waals surface area contributed by atoms with Crippen molar-refractivity contribution in [3.63, 3.8) is 0 Å². The van der Waals surface area contributed by atoms with E-state index in [9.17, 15) is 35.1 Å². The predicted octanol–water partition coefficient (Wildman–Crippen LogP) is 4.72. The molecule has 0 aromatic carbocycles. The van der Waals surface area contributed by atoms with Gasteiger partial charge in [-0.05, 0) is 12.8 Å². The summed E-state index contributed by atoms with van der Waals surface area (Å²) in [5, 5.41) is 0. The third kappa shape index (κ3) is 3.32. The summed E-state index contributed by atoms with van der Waals surface area (Å²) in [6.07, 6.45) is -11.3. The van der Waals surface area contributed by atoms with Crippen molar-refractivity contribution in [1.29, 1.82) is 0 Å². The van der Waals surface area contributed by atoms with Gasteiger partial charge in [0.15, 0.2) is 0 Å². The van der Waals surface area contributed by atoms with Crippen LogP contribution in [0.3, 0.4) is 0 Å². The molecular weight excluding hydrogens is 260 g/mol. The van der Waals surface area contributed by atoms with Crippen molar-refractivity contribution in [3.8, 4) is 0 Å². The number of hydrogen-bond acceptors (Lipinski definition) is 0. The lowest BCUT2D eigenvalue weighted by Crippen LogP contribution is -2.42. The van der Waals surface area contributed by atoms with Crippen LogP contribution in [0.5, 0.6) is 0 Å². The Morgan fingerprint density at radius 2 is 1.24 bits per heavy atom. The van der Waals surface area contributed by atoms with Gasteiger partial charge < -0.3 is 0 Å². The molecule has 0 amide bonds. The first-order valence-electron chi connectivity index (χ1n) is 4.46. The van der Waals surface area contributed by atoms with Gasteiger partial charge in [0.25, 0.3) is 0 Å². The summed E-state index contributed by atoms with van der Waals surface area (Å²) in [7, 11) is 0. The first-order chi connectivity index (χ1) is 7.23. The van der Waals surface area contributed by atoms with Gasteiger partial charge in [-0.3, -0.25) is 0 Å². The van der Waals surface area contributed by atoms with Crippen LogP contribution in [0.25, 0.3) is 0 Å². The molecule has 1 atom stereocenters. The predicted molar refractivity (Wildman–Crippen MR) is 44.6 cm³/mol.